The van der Waals surface area contributed by atoms with Crippen LogP contribution in [0.5, 0.6) is 11.5 Å². The summed E-state index contributed by atoms with van der Waals surface area (Å²) in [6.45, 7) is 2.28. The fraction of sp³-hybridized carbons (Fsp3) is 0.115. The van der Waals surface area contributed by atoms with Crippen molar-refractivity contribution in [2.75, 3.05) is 11.5 Å². The number of hydrogen-bond acceptors (Lipinski definition) is 5. The lowest BCUT2D eigenvalue weighted by Gasteiger charge is -2.26. The summed E-state index contributed by atoms with van der Waals surface area (Å²) in [7, 11) is 0. The summed E-state index contributed by atoms with van der Waals surface area (Å²) in [5.74, 6) is -1.06. The topological polar surface area (TPSA) is 84.9 Å². The third-order valence-corrected chi connectivity index (χ3v) is 5.07. The minimum Gasteiger partial charge on any atom is -0.494 e. The Kier molecular flexibility index (Phi) is 6.68. The number of carbonyl (C=O) groups is 3. The predicted octanol–water partition coefficient (Wildman–Crippen LogP) is 4.47. The van der Waals surface area contributed by atoms with Gasteiger partial charge in [-0.3, -0.25) is 14.9 Å². The highest BCUT2D eigenvalue weighted by Gasteiger charge is 2.37. The van der Waals surface area contributed by atoms with Crippen LogP contribution in [0.25, 0.3) is 6.08 Å². The maximum Gasteiger partial charge on any atom is 0.335 e. The van der Waals surface area contributed by atoms with Gasteiger partial charge in [0.1, 0.15) is 29.5 Å². The second-order valence-corrected chi connectivity index (χ2v) is 7.30. The second kappa shape index (κ2) is 9.99. The van der Waals surface area contributed by atoms with Gasteiger partial charge in [-0.1, -0.05) is 36.4 Å². The van der Waals surface area contributed by atoms with Crippen LogP contribution in [0, 0.1) is 5.82 Å². The van der Waals surface area contributed by atoms with Crippen molar-refractivity contribution < 1.29 is 28.2 Å². The molecule has 172 valence electrons. The number of nitrogens with zero attached hydrogens (tertiary/aromatic N) is 1. The molecule has 0 bridgehead atoms. The number of hydrogen-bond donors (Lipinski definition) is 1. The van der Waals surface area contributed by atoms with Gasteiger partial charge in [-0.05, 0) is 49.4 Å². The van der Waals surface area contributed by atoms with Crippen LogP contribution in [0.1, 0.15) is 18.1 Å². The van der Waals surface area contributed by atoms with E-state index in [0.717, 1.165) is 4.90 Å². The van der Waals surface area contributed by atoms with Gasteiger partial charge in [-0.2, -0.15) is 0 Å². The molecule has 0 spiro atoms. The fourth-order valence-electron chi connectivity index (χ4n) is 3.41. The van der Waals surface area contributed by atoms with E-state index in [-0.39, 0.29) is 17.9 Å². The zero-order valence-corrected chi connectivity index (χ0v) is 18.3. The fourth-order valence-corrected chi connectivity index (χ4v) is 3.41. The first-order valence-electron chi connectivity index (χ1n) is 10.6. The first kappa shape index (κ1) is 22.7. The number of anilines is 1. The van der Waals surface area contributed by atoms with Gasteiger partial charge in [-0.25, -0.2) is 14.1 Å². The summed E-state index contributed by atoms with van der Waals surface area (Å²) in [5, 5.41) is 2.19. The number of rotatable bonds is 7. The highest BCUT2D eigenvalue weighted by Crippen LogP contribution is 2.27. The molecule has 0 aromatic heterocycles. The number of nitrogens with one attached hydrogen (secondary N) is 1. The molecule has 0 saturated carbocycles. The van der Waals surface area contributed by atoms with E-state index < -0.39 is 23.7 Å². The zero-order chi connectivity index (χ0) is 24.1. The van der Waals surface area contributed by atoms with E-state index in [1.807, 2.05) is 6.92 Å². The molecule has 0 unspecified atom stereocenters. The molecule has 1 heterocycles. The Hall–Kier alpha value is -4.46. The first-order chi connectivity index (χ1) is 16.5. The lowest BCUT2D eigenvalue weighted by atomic mass is 10.1. The average Bonchev–Trinajstić information content (AvgIpc) is 2.83. The Labute approximate surface area is 195 Å². The summed E-state index contributed by atoms with van der Waals surface area (Å²) in [4.78, 5) is 39.0. The van der Waals surface area contributed by atoms with Gasteiger partial charge >= 0.3 is 6.03 Å². The molecule has 3 aromatic carbocycles. The first-order valence-corrected chi connectivity index (χ1v) is 10.6. The van der Waals surface area contributed by atoms with E-state index in [1.54, 1.807) is 66.7 Å². The van der Waals surface area contributed by atoms with Crippen molar-refractivity contribution in [3.05, 3.63) is 95.3 Å². The molecule has 1 saturated heterocycles. The SMILES string of the molecule is CCOc1ccc(N2C(=O)NC(=O)/C(=C/c3ccccc3OCc3ccccc3F)C2=O)cc1. The number of para-hydroxylation sites is 1. The molecule has 3 aromatic rings. The van der Waals surface area contributed by atoms with Crippen LogP contribution < -0.4 is 19.7 Å². The van der Waals surface area contributed by atoms with Crippen molar-refractivity contribution in [1.29, 1.82) is 0 Å². The largest absolute Gasteiger partial charge is 0.494 e. The van der Waals surface area contributed by atoms with Crippen molar-refractivity contribution in [2.45, 2.75) is 13.5 Å². The minimum absolute atomic E-state index is 0.0379. The van der Waals surface area contributed by atoms with E-state index in [2.05, 4.69) is 5.32 Å². The number of imide groups is 2. The number of benzene rings is 3. The van der Waals surface area contributed by atoms with Gasteiger partial charge in [0, 0.05) is 11.1 Å². The molecule has 1 fully saturated rings. The molecule has 8 heteroatoms. The minimum atomic E-state index is -0.847. The molecular weight excluding hydrogens is 439 g/mol. The van der Waals surface area contributed by atoms with Crippen molar-refractivity contribution in [2.24, 2.45) is 0 Å². The van der Waals surface area contributed by atoms with Crippen LogP contribution in [0.4, 0.5) is 14.9 Å². The maximum atomic E-state index is 13.9. The van der Waals surface area contributed by atoms with Crippen LogP contribution in [-0.2, 0) is 16.2 Å². The number of urea groups is 1. The summed E-state index contributed by atoms with van der Waals surface area (Å²) in [5.41, 5.74) is 0.839. The maximum absolute atomic E-state index is 13.9. The summed E-state index contributed by atoms with van der Waals surface area (Å²) in [6, 6.07) is 18.5. The molecule has 0 radical (unpaired) electrons. The molecular formula is C26H21FN2O5. The Morgan fingerprint density at radius 1 is 0.912 bits per heavy atom. The van der Waals surface area contributed by atoms with E-state index in [9.17, 15) is 18.8 Å². The third-order valence-electron chi connectivity index (χ3n) is 5.07. The highest BCUT2D eigenvalue weighted by atomic mass is 19.1. The van der Waals surface area contributed by atoms with Crippen molar-refractivity contribution in [3.63, 3.8) is 0 Å². The molecule has 1 aliphatic rings. The number of halogens is 1. The molecule has 4 amide bonds. The van der Waals surface area contributed by atoms with E-state index in [0.29, 0.717) is 29.2 Å². The normalized spacial score (nSPS) is 14.8. The van der Waals surface area contributed by atoms with Gasteiger partial charge in [0.2, 0.25) is 0 Å². The summed E-state index contributed by atoms with van der Waals surface area (Å²) in [6.07, 6.45) is 1.35. The summed E-state index contributed by atoms with van der Waals surface area (Å²) < 4.78 is 25.1. The predicted molar refractivity (Wildman–Crippen MR) is 124 cm³/mol. The van der Waals surface area contributed by atoms with Crippen LogP contribution in [0.15, 0.2) is 78.4 Å². The number of barbiturate groups is 1. The molecule has 4 rings (SSSR count). The summed E-state index contributed by atoms with van der Waals surface area (Å²) >= 11 is 0. The third kappa shape index (κ3) is 4.80. The van der Waals surface area contributed by atoms with Gasteiger partial charge in [0.05, 0.1) is 12.3 Å². The van der Waals surface area contributed by atoms with Crippen molar-refractivity contribution >= 4 is 29.6 Å². The van der Waals surface area contributed by atoms with Gasteiger partial charge in [0.15, 0.2) is 0 Å². The second-order valence-electron chi connectivity index (χ2n) is 7.30. The smallest absolute Gasteiger partial charge is 0.335 e. The van der Waals surface area contributed by atoms with E-state index in [1.165, 1.54) is 12.1 Å². The van der Waals surface area contributed by atoms with Crippen LogP contribution >= 0.6 is 0 Å². The van der Waals surface area contributed by atoms with Crippen LogP contribution in [-0.4, -0.2) is 24.5 Å². The Balaban J connectivity index is 1.62. The molecule has 0 atom stereocenters. The van der Waals surface area contributed by atoms with Gasteiger partial charge in [0.25, 0.3) is 11.8 Å². The van der Waals surface area contributed by atoms with E-state index in [4.69, 9.17) is 9.47 Å². The number of carbonyl (C=O) groups excluding carboxylic acids is 3. The lowest BCUT2D eigenvalue weighted by molar-refractivity contribution is -0.122. The Bertz CT molecular complexity index is 1270. The number of amides is 4. The molecule has 1 N–H and O–H groups in total. The Morgan fingerprint density at radius 3 is 2.35 bits per heavy atom. The quantitative estimate of drug-likeness (QED) is 0.415. The molecule has 7 nitrogen and oxygen atoms in total. The van der Waals surface area contributed by atoms with E-state index >= 15 is 0 Å². The van der Waals surface area contributed by atoms with Gasteiger partial charge in [-0.15, -0.1) is 0 Å². The van der Waals surface area contributed by atoms with Crippen molar-refractivity contribution in [1.82, 2.24) is 5.32 Å². The Morgan fingerprint density at radius 2 is 1.62 bits per heavy atom. The molecule has 34 heavy (non-hydrogen) atoms. The van der Waals surface area contributed by atoms with Gasteiger partial charge < -0.3 is 9.47 Å². The molecule has 0 aliphatic carbocycles. The monoisotopic (exact) mass is 460 g/mol. The zero-order valence-electron chi connectivity index (χ0n) is 18.3. The average molecular weight is 460 g/mol. The number of ether oxygens (including phenoxy) is 2. The standard InChI is InChI=1S/C26H21FN2O5/c1-2-33-20-13-11-19(12-14-20)29-25(31)21(24(30)28-26(29)32)15-17-7-4-6-10-23(17)34-16-18-8-3-5-9-22(18)27/h3-15H,2,16H2,1H3,(H,28,30,32)/b21-15-. The van der Waals surface area contributed by atoms with Crippen LogP contribution in [0.2, 0.25) is 0 Å². The molecule has 1 aliphatic heterocycles. The van der Waals surface area contributed by atoms with Crippen molar-refractivity contribution in [3.8, 4) is 11.5 Å². The van der Waals surface area contributed by atoms with Crippen LogP contribution in [0.3, 0.4) is 0 Å². The lowest BCUT2D eigenvalue weighted by Crippen LogP contribution is -2.54. The highest BCUT2D eigenvalue weighted by molar-refractivity contribution is 6.39.